The molecule has 0 aliphatic carbocycles. The standard InChI is InChI=1S/C36H39N3O6/c1-36(2,3)45-35(44)39-28-16-10-8-13-24(28)19-31(39)34(43)38-29(23-11-5-4-6-12-23)17-18-30(38)33(42)37-21-25-14-7-9-15-27(25)26(22-37)20-32(40)41/h4-16,26,29-31H,17-22H2,1-3H3,(H,40,41)/t26?,29-,30+,31+/m0/s1. The summed E-state index contributed by atoms with van der Waals surface area (Å²) in [5.41, 5.74) is 3.52. The minimum absolute atomic E-state index is 0.0913. The van der Waals surface area contributed by atoms with E-state index in [1.165, 1.54) is 4.90 Å². The van der Waals surface area contributed by atoms with Gasteiger partial charge in [-0.3, -0.25) is 19.3 Å². The van der Waals surface area contributed by atoms with E-state index < -0.39 is 29.7 Å². The highest BCUT2D eigenvalue weighted by Crippen LogP contribution is 2.42. The molecule has 0 saturated carbocycles. The molecule has 3 aliphatic rings. The molecule has 3 aromatic carbocycles. The van der Waals surface area contributed by atoms with Crippen LogP contribution < -0.4 is 4.90 Å². The van der Waals surface area contributed by atoms with Crippen LogP contribution in [0.25, 0.3) is 0 Å². The van der Waals surface area contributed by atoms with Gasteiger partial charge in [0.15, 0.2) is 0 Å². The van der Waals surface area contributed by atoms with Gasteiger partial charge in [0, 0.05) is 25.4 Å². The predicted octanol–water partition coefficient (Wildman–Crippen LogP) is 5.69. The first-order chi connectivity index (χ1) is 21.5. The maximum atomic E-state index is 14.8. The second kappa shape index (κ2) is 12.0. The Labute approximate surface area is 263 Å². The predicted molar refractivity (Wildman–Crippen MR) is 169 cm³/mol. The molecule has 9 nitrogen and oxygen atoms in total. The number of para-hydroxylation sites is 1. The first kappa shape index (κ1) is 30.4. The van der Waals surface area contributed by atoms with Gasteiger partial charge in [0.25, 0.3) is 0 Å². The lowest BCUT2D eigenvalue weighted by atomic mass is 9.87. The van der Waals surface area contributed by atoms with Crippen molar-refractivity contribution < 1.29 is 29.0 Å². The van der Waals surface area contributed by atoms with Crippen molar-refractivity contribution in [2.45, 2.75) is 82.6 Å². The van der Waals surface area contributed by atoms with Crippen LogP contribution in [-0.4, -0.2) is 63.0 Å². The molecule has 9 heteroatoms. The molecule has 45 heavy (non-hydrogen) atoms. The Kier molecular flexibility index (Phi) is 8.12. The number of nitrogens with zero attached hydrogens (tertiary/aromatic N) is 3. The molecule has 3 aromatic rings. The van der Waals surface area contributed by atoms with Crippen molar-refractivity contribution >= 4 is 29.6 Å². The van der Waals surface area contributed by atoms with E-state index in [2.05, 4.69) is 0 Å². The number of likely N-dealkylation sites (tertiary alicyclic amines) is 1. The van der Waals surface area contributed by atoms with Gasteiger partial charge in [0.2, 0.25) is 11.8 Å². The summed E-state index contributed by atoms with van der Waals surface area (Å²) in [6.07, 6.45) is 0.657. The third kappa shape index (κ3) is 6.03. The Morgan fingerprint density at radius 1 is 0.822 bits per heavy atom. The summed E-state index contributed by atoms with van der Waals surface area (Å²) >= 11 is 0. The van der Waals surface area contributed by atoms with Crippen LogP contribution >= 0.6 is 0 Å². The number of amides is 3. The molecule has 6 rings (SSSR count). The average Bonchev–Trinajstić information content (AvgIpc) is 3.62. The molecule has 1 N–H and O–H groups in total. The number of ether oxygens (including phenoxy) is 1. The van der Waals surface area contributed by atoms with Crippen molar-refractivity contribution in [2.75, 3.05) is 11.4 Å². The van der Waals surface area contributed by atoms with E-state index in [0.717, 1.165) is 22.3 Å². The van der Waals surface area contributed by atoms with E-state index in [1.807, 2.05) is 78.9 Å². The van der Waals surface area contributed by atoms with Crippen molar-refractivity contribution in [3.63, 3.8) is 0 Å². The number of fused-ring (bicyclic) bond motifs is 2. The second-order valence-electron chi connectivity index (χ2n) is 13.2. The van der Waals surface area contributed by atoms with Crippen molar-refractivity contribution in [2.24, 2.45) is 0 Å². The zero-order valence-corrected chi connectivity index (χ0v) is 25.9. The number of carbonyl (C=O) groups is 4. The fourth-order valence-electron chi connectivity index (χ4n) is 7.13. The monoisotopic (exact) mass is 609 g/mol. The molecule has 0 bridgehead atoms. The largest absolute Gasteiger partial charge is 0.481 e. The average molecular weight is 610 g/mol. The Morgan fingerprint density at radius 3 is 2.20 bits per heavy atom. The van der Waals surface area contributed by atoms with Crippen LogP contribution in [0, 0.1) is 0 Å². The van der Waals surface area contributed by atoms with Crippen LogP contribution in [0.1, 0.15) is 74.2 Å². The summed E-state index contributed by atoms with van der Waals surface area (Å²) in [5, 5.41) is 9.64. The first-order valence-corrected chi connectivity index (χ1v) is 15.6. The Morgan fingerprint density at radius 2 is 1.49 bits per heavy atom. The maximum Gasteiger partial charge on any atom is 0.415 e. The van der Waals surface area contributed by atoms with Gasteiger partial charge in [0.1, 0.15) is 17.7 Å². The number of carbonyl (C=O) groups excluding carboxylic acids is 3. The summed E-state index contributed by atoms with van der Waals surface area (Å²) in [7, 11) is 0. The number of hydrogen-bond donors (Lipinski definition) is 1. The van der Waals surface area contributed by atoms with Crippen LogP contribution in [0.3, 0.4) is 0 Å². The fraction of sp³-hybridized carbons (Fsp3) is 0.389. The summed E-state index contributed by atoms with van der Waals surface area (Å²) in [6.45, 7) is 5.98. The summed E-state index contributed by atoms with van der Waals surface area (Å²) in [6, 6.07) is 22.8. The van der Waals surface area contributed by atoms with Crippen LogP contribution in [0.2, 0.25) is 0 Å². The molecular weight excluding hydrogens is 570 g/mol. The summed E-state index contributed by atoms with van der Waals surface area (Å²) < 4.78 is 5.77. The molecule has 0 spiro atoms. The third-order valence-corrected chi connectivity index (χ3v) is 8.99. The minimum atomic E-state index is -0.922. The molecule has 3 heterocycles. The van der Waals surface area contributed by atoms with Gasteiger partial charge >= 0.3 is 12.1 Å². The third-order valence-electron chi connectivity index (χ3n) is 8.99. The van der Waals surface area contributed by atoms with E-state index in [9.17, 15) is 24.3 Å². The van der Waals surface area contributed by atoms with E-state index in [0.29, 0.717) is 31.5 Å². The molecule has 1 unspecified atom stereocenters. The zero-order chi connectivity index (χ0) is 31.9. The molecule has 0 aromatic heterocycles. The molecular formula is C36H39N3O6. The highest BCUT2D eigenvalue weighted by atomic mass is 16.6. The number of rotatable bonds is 5. The molecule has 4 atom stereocenters. The highest BCUT2D eigenvalue weighted by Gasteiger charge is 2.50. The Balaban J connectivity index is 1.35. The van der Waals surface area contributed by atoms with E-state index >= 15 is 0 Å². The number of hydrogen-bond acceptors (Lipinski definition) is 5. The van der Waals surface area contributed by atoms with Gasteiger partial charge in [-0.05, 0) is 61.9 Å². The molecule has 1 fully saturated rings. The Bertz CT molecular complexity index is 1620. The summed E-state index contributed by atoms with van der Waals surface area (Å²) in [5.74, 6) is -1.78. The van der Waals surface area contributed by atoms with Gasteiger partial charge in [-0.1, -0.05) is 72.8 Å². The number of carboxylic acid groups (broad SMARTS) is 1. The smallest absolute Gasteiger partial charge is 0.415 e. The van der Waals surface area contributed by atoms with Gasteiger partial charge in [-0.15, -0.1) is 0 Å². The SMILES string of the molecule is CC(C)(C)OC(=O)N1c2ccccc2C[C@@H]1C(=O)N1[C@@H](C(=O)N2Cc3ccccc3C(CC(=O)O)C2)CC[C@H]1c1ccccc1. The van der Waals surface area contributed by atoms with Crippen molar-refractivity contribution in [1.82, 2.24) is 9.80 Å². The molecule has 0 radical (unpaired) electrons. The number of benzene rings is 3. The van der Waals surface area contributed by atoms with E-state index in [4.69, 9.17) is 4.74 Å². The molecule has 234 valence electrons. The van der Waals surface area contributed by atoms with Crippen molar-refractivity contribution in [3.8, 4) is 0 Å². The quantitative estimate of drug-likeness (QED) is 0.399. The molecule has 3 amide bonds. The van der Waals surface area contributed by atoms with E-state index in [1.54, 1.807) is 30.6 Å². The lowest BCUT2D eigenvalue weighted by Gasteiger charge is -2.39. The lowest BCUT2D eigenvalue weighted by molar-refractivity contribution is -0.147. The normalized spacial score (nSPS) is 22.5. The Hall–Kier alpha value is -4.66. The number of carboxylic acids is 1. The lowest BCUT2D eigenvalue weighted by Crippen LogP contribution is -2.56. The van der Waals surface area contributed by atoms with Crippen LogP contribution in [0.5, 0.6) is 0 Å². The summed E-state index contributed by atoms with van der Waals surface area (Å²) in [4.78, 5) is 59.5. The van der Waals surface area contributed by atoms with Crippen LogP contribution in [-0.2, 0) is 32.1 Å². The van der Waals surface area contributed by atoms with Gasteiger partial charge in [0.05, 0.1) is 18.2 Å². The second-order valence-corrected chi connectivity index (χ2v) is 13.2. The van der Waals surface area contributed by atoms with Crippen molar-refractivity contribution in [3.05, 3.63) is 101 Å². The minimum Gasteiger partial charge on any atom is -0.481 e. The first-order valence-electron chi connectivity index (χ1n) is 15.6. The van der Waals surface area contributed by atoms with Gasteiger partial charge < -0.3 is 19.6 Å². The van der Waals surface area contributed by atoms with Crippen LogP contribution in [0.4, 0.5) is 10.5 Å². The molecule has 1 saturated heterocycles. The molecule has 3 aliphatic heterocycles. The van der Waals surface area contributed by atoms with Gasteiger partial charge in [-0.2, -0.15) is 0 Å². The van der Waals surface area contributed by atoms with Crippen molar-refractivity contribution in [1.29, 1.82) is 0 Å². The number of anilines is 1. The van der Waals surface area contributed by atoms with Crippen LogP contribution in [0.15, 0.2) is 78.9 Å². The zero-order valence-electron chi connectivity index (χ0n) is 25.9. The maximum absolute atomic E-state index is 14.8. The van der Waals surface area contributed by atoms with E-state index in [-0.39, 0.29) is 36.7 Å². The number of aliphatic carboxylic acids is 1. The highest BCUT2D eigenvalue weighted by molar-refractivity contribution is 6.02. The van der Waals surface area contributed by atoms with Gasteiger partial charge in [-0.25, -0.2) is 4.79 Å². The topological polar surface area (TPSA) is 107 Å². The fourth-order valence-corrected chi connectivity index (χ4v) is 7.13.